The van der Waals surface area contributed by atoms with Crippen molar-refractivity contribution < 1.29 is 9.59 Å². The first-order chi connectivity index (χ1) is 11.7. The molecule has 4 nitrogen and oxygen atoms in total. The van der Waals surface area contributed by atoms with Gasteiger partial charge in [-0.1, -0.05) is 43.0 Å². The Morgan fingerprint density at radius 3 is 2.67 bits per heavy atom. The third-order valence-corrected chi connectivity index (χ3v) is 4.29. The molecule has 2 N–H and O–H groups in total. The van der Waals surface area contributed by atoms with Gasteiger partial charge in [-0.15, -0.1) is 0 Å². The minimum atomic E-state index is -0.335. The lowest BCUT2D eigenvalue weighted by Crippen LogP contribution is -2.31. The first-order valence-corrected chi connectivity index (χ1v) is 8.10. The maximum atomic E-state index is 12.7. The van der Waals surface area contributed by atoms with E-state index in [-0.39, 0.29) is 17.9 Å². The molecule has 1 atom stereocenters. The van der Waals surface area contributed by atoms with E-state index in [2.05, 4.69) is 29.3 Å². The quantitative estimate of drug-likeness (QED) is 0.845. The van der Waals surface area contributed by atoms with Crippen molar-refractivity contribution in [3.05, 3.63) is 77.9 Å². The largest absolute Gasteiger partial charge is 0.345 e. The van der Waals surface area contributed by atoms with Gasteiger partial charge in [0.2, 0.25) is 5.91 Å². The fraction of sp³-hybridized carbons (Fsp3) is 0.200. The van der Waals surface area contributed by atoms with Gasteiger partial charge in [-0.05, 0) is 48.6 Å². The van der Waals surface area contributed by atoms with Gasteiger partial charge in [0.1, 0.15) is 0 Å². The highest BCUT2D eigenvalue weighted by atomic mass is 16.2. The van der Waals surface area contributed by atoms with Gasteiger partial charge in [-0.3, -0.25) is 9.59 Å². The fourth-order valence-electron chi connectivity index (χ4n) is 3.11. The highest BCUT2D eigenvalue weighted by Gasteiger charge is 2.22. The molecule has 1 aliphatic rings. The number of anilines is 1. The third-order valence-electron chi connectivity index (χ3n) is 4.29. The molecular weight excluding hydrogens is 300 g/mol. The van der Waals surface area contributed by atoms with E-state index in [1.54, 1.807) is 24.3 Å². The minimum Gasteiger partial charge on any atom is -0.345 e. The van der Waals surface area contributed by atoms with Crippen molar-refractivity contribution in [1.29, 1.82) is 0 Å². The summed E-state index contributed by atoms with van der Waals surface area (Å²) in [6, 6.07) is 15.2. The molecule has 0 saturated heterocycles. The van der Waals surface area contributed by atoms with E-state index in [0.717, 1.165) is 19.3 Å². The molecule has 0 fully saturated rings. The molecule has 4 heteroatoms. The predicted molar refractivity (Wildman–Crippen MR) is 94.9 cm³/mol. The number of fused-ring (bicyclic) bond motifs is 1. The number of nitrogens with one attached hydrogen (secondary N) is 2. The first-order valence-electron chi connectivity index (χ1n) is 8.10. The molecule has 122 valence electrons. The van der Waals surface area contributed by atoms with Gasteiger partial charge in [0, 0.05) is 0 Å². The van der Waals surface area contributed by atoms with E-state index in [1.165, 1.54) is 17.2 Å². The molecule has 0 aliphatic heterocycles. The zero-order valence-electron chi connectivity index (χ0n) is 13.4. The average molecular weight is 320 g/mol. The molecule has 0 saturated carbocycles. The summed E-state index contributed by atoms with van der Waals surface area (Å²) in [5, 5.41) is 5.79. The lowest BCUT2D eigenvalue weighted by molar-refractivity contribution is -0.111. The van der Waals surface area contributed by atoms with Crippen molar-refractivity contribution in [2.75, 3.05) is 5.32 Å². The Labute approximate surface area is 141 Å². The lowest BCUT2D eigenvalue weighted by atomic mass is 9.87. The van der Waals surface area contributed by atoms with Crippen LogP contribution in [0.4, 0.5) is 5.69 Å². The monoisotopic (exact) mass is 320 g/mol. The topological polar surface area (TPSA) is 58.2 Å². The summed E-state index contributed by atoms with van der Waals surface area (Å²) in [4.78, 5) is 24.3. The van der Waals surface area contributed by atoms with Crippen LogP contribution in [0, 0.1) is 0 Å². The summed E-state index contributed by atoms with van der Waals surface area (Å²) in [6.45, 7) is 3.44. The molecule has 0 bridgehead atoms. The number of hydrogen-bond donors (Lipinski definition) is 2. The average Bonchev–Trinajstić information content (AvgIpc) is 2.62. The zero-order valence-corrected chi connectivity index (χ0v) is 13.4. The molecular formula is C20H20N2O2. The number of aryl methyl sites for hydroxylation is 1. The van der Waals surface area contributed by atoms with Gasteiger partial charge in [-0.2, -0.15) is 0 Å². The Bertz CT molecular complexity index is 783. The number of hydrogen-bond acceptors (Lipinski definition) is 2. The van der Waals surface area contributed by atoms with Gasteiger partial charge in [-0.25, -0.2) is 0 Å². The second-order valence-electron chi connectivity index (χ2n) is 5.86. The van der Waals surface area contributed by atoms with Crippen molar-refractivity contribution in [1.82, 2.24) is 5.32 Å². The van der Waals surface area contributed by atoms with Crippen LogP contribution in [0.25, 0.3) is 0 Å². The Hall–Kier alpha value is -2.88. The van der Waals surface area contributed by atoms with Crippen molar-refractivity contribution in [3.63, 3.8) is 0 Å². The van der Waals surface area contributed by atoms with E-state index in [4.69, 9.17) is 0 Å². The number of benzene rings is 2. The highest BCUT2D eigenvalue weighted by Crippen LogP contribution is 2.30. The molecule has 0 aromatic heterocycles. The lowest BCUT2D eigenvalue weighted by Gasteiger charge is -2.26. The summed E-state index contributed by atoms with van der Waals surface area (Å²) in [5.41, 5.74) is 3.42. The number of carbonyl (C=O) groups excluding carboxylic acids is 2. The Morgan fingerprint density at radius 1 is 1.08 bits per heavy atom. The molecule has 0 radical (unpaired) electrons. The molecule has 2 aromatic rings. The molecule has 1 aliphatic carbocycles. The van der Waals surface area contributed by atoms with Crippen molar-refractivity contribution in [2.24, 2.45) is 0 Å². The number of para-hydroxylation sites is 1. The van der Waals surface area contributed by atoms with Crippen LogP contribution in [0.5, 0.6) is 0 Å². The maximum Gasteiger partial charge on any atom is 0.253 e. The molecule has 0 spiro atoms. The maximum absolute atomic E-state index is 12.7. The zero-order chi connectivity index (χ0) is 16.9. The number of carbonyl (C=O) groups is 2. The second-order valence-corrected chi connectivity index (χ2v) is 5.86. The molecule has 0 unspecified atom stereocenters. The molecule has 3 rings (SSSR count). The Morgan fingerprint density at radius 2 is 1.83 bits per heavy atom. The summed E-state index contributed by atoms with van der Waals surface area (Å²) >= 11 is 0. The van der Waals surface area contributed by atoms with Gasteiger partial charge in [0.05, 0.1) is 17.3 Å². The third kappa shape index (κ3) is 3.38. The minimum absolute atomic E-state index is 0.00520. The number of amides is 2. The van der Waals surface area contributed by atoms with Gasteiger partial charge < -0.3 is 10.6 Å². The fourth-order valence-corrected chi connectivity index (χ4v) is 3.11. The number of rotatable bonds is 4. The van der Waals surface area contributed by atoms with Crippen molar-refractivity contribution in [3.8, 4) is 0 Å². The normalized spacial score (nSPS) is 15.9. The van der Waals surface area contributed by atoms with Crippen LogP contribution in [0.15, 0.2) is 61.2 Å². The van der Waals surface area contributed by atoms with Gasteiger partial charge in [0.15, 0.2) is 0 Å². The van der Waals surface area contributed by atoms with E-state index in [0.29, 0.717) is 11.3 Å². The summed E-state index contributed by atoms with van der Waals surface area (Å²) in [5.74, 6) is -0.519. The van der Waals surface area contributed by atoms with Crippen molar-refractivity contribution >= 4 is 17.5 Å². The van der Waals surface area contributed by atoms with Crippen LogP contribution in [-0.4, -0.2) is 11.8 Å². The summed E-state index contributed by atoms with van der Waals surface area (Å²) in [7, 11) is 0. The summed E-state index contributed by atoms with van der Waals surface area (Å²) < 4.78 is 0. The molecule has 0 heterocycles. The van der Waals surface area contributed by atoms with E-state index in [9.17, 15) is 9.59 Å². The van der Waals surface area contributed by atoms with Crippen LogP contribution in [-0.2, 0) is 11.2 Å². The van der Waals surface area contributed by atoms with Gasteiger partial charge in [0.25, 0.3) is 5.91 Å². The van der Waals surface area contributed by atoms with E-state index >= 15 is 0 Å². The second kappa shape index (κ2) is 7.13. The Kier molecular flexibility index (Phi) is 4.75. The van der Waals surface area contributed by atoms with Crippen LogP contribution < -0.4 is 10.6 Å². The van der Waals surface area contributed by atoms with Crippen LogP contribution in [0.1, 0.15) is 40.4 Å². The molecule has 2 amide bonds. The highest BCUT2D eigenvalue weighted by molar-refractivity contribution is 6.06. The van der Waals surface area contributed by atoms with Crippen LogP contribution in [0.3, 0.4) is 0 Å². The van der Waals surface area contributed by atoms with Gasteiger partial charge >= 0.3 is 0 Å². The smallest absolute Gasteiger partial charge is 0.253 e. The first kappa shape index (κ1) is 16.0. The van der Waals surface area contributed by atoms with Crippen LogP contribution in [0.2, 0.25) is 0 Å². The molecule has 2 aromatic carbocycles. The summed E-state index contributed by atoms with van der Waals surface area (Å²) in [6.07, 6.45) is 4.21. The standard InChI is InChI=1S/C20H20N2O2/c1-2-19(23)21-18-12-6-5-11-16(18)20(24)22-17-13-7-9-14-8-3-4-10-15(14)17/h2-6,8,10-12,17H,1,7,9,13H2,(H,21,23)(H,22,24)/t17-/m0/s1. The Balaban J connectivity index is 1.82. The van der Waals surface area contributed by atoms with Crippen LogP contribution >= 0.6 is 0 Å². The van der Waals surface area contributed by atoms with E-state index < -0.39 is 0 Å². The van der Waals surface area contributed by atoms with E-state index in [1.807, 2.05) is 12.1 Å². The van der Waals surface area contributed by atoms with Crippen molar-refractivity contribution in [2.45, 2.75) is 25.3 Å². The predicted octanol–water partition coefficient (Wildman–Crippen LogP) is 3.62. The SMILES string of the molecule is C=CC(=O)Nc1ccccc1C(=O)N[C@H]1CCCc2ccccc21. The molecule has 24 heavy (non-hydrogen) atoms.